The van der Waals surface area contributed by atoms with Crippen molar-refractivity contribution in [3.05, 3.63) is 35.9 Å². The highest BCUT2D eigenvalue weighted by Crippen LogP contribution is 2.19. The summed E-state index contributed by atoms with van der Waals surface area (Å²) < 4.78 is 0. The van der Waals surface area contributed by atoms with Crippen LogP contribution >= 0.6 is 15.9 Å². The molecular weight excluding hydrogens is 394 g/mol. The van der Waals surface area contributed by atoms with Gasteiger partial charge < -0.3 is 4.90 Å². The van der Waals surface area contributed by atoms with Gasteiger partial charge in [0.05, 0.1) is 0 Å². The second-order valence-corrected chi connectivity index (χ2v) is 9.37. The molecule has 0 aliphatic rings. The smallest absolute Gasteiger partial charge is 0.0227 e. The monoisotopic (exact) mass is 439 g/mol. The molecule has 1 aromatic carbocycles. The molecule has 0 radical (unpaired) electrons. The molecule has 1 aromatic rings. The van der Waals surface area contributed by atoms with E-state index in [2.05, 4.69) is 73.0 Å². The van der Waals surface area contributed by atoms with E-state index in [9.17, 15) is 0 Å². The zero-order valence-corrected chi connectivity index (χ0v) is 20.3. The van der Waals surface area contributed by atoms with E-state index in [-0.39, 0.29) is 0 Å². The molecular formula is C25H46BrN. The van der Waals surface area contributed by atoms with Crippen molar-refractivity contribution in [3.63, 3.8) is 0 Å². The van der Waals surface area contributed by atoms with E-state index in [1.54, 1.807) is 0 Å². The fourth-order valence-electron chi connectivity index (χ4n) is 3.21. The zero-order chi connectivity index (χ0) is 20.2. The van der Waals surface area contributed by atoms with Crippen LogP contribution in [0.1, 0.15) is 103 Å². The molecule has 0 aliphatic carbocycles. The molecule has 0 fully saturated rings. The first kappa shape index (κ1) is 26.7. The predicted octanol–water partition coefficient (Wildman–Crippen LogP) is 8.61. The average Bonchev–Trinajstić information content (AvgIpc) is 2.65. The van der Waals surface area contributed by atoms with Crippen LogP contribution in [-0.4, -0.2) is 23.8 Å². The maximum absolute atomic E-state index is 3.82. The van der Waals surface area contributed by atoms with Gasteiger partial charge in [0.25, 0.3) is 0 Å². The van der Waals surface area contributed by atoms with Gasteiger partial charge in [-0.3, -0.25) is 0 Å². The molecule has 0 saturated carbocycles. The summed E-state index contributed by atoms with van der Waals surface area (Å²) in [7, 11) is 4.15. The van der Waals surface area contributed by atoms with Crippen LogP contribution < -0.4 is 0 Å². The van der Waals surface area contributed by atoms with Gasteiger partial charge in [0.15, 0.2) is 0 Å². The molecule has 0 saturated heterocycles. The third kappa shape index (κ3) is 20.2. The number of nitrogens with zero attached hydrogens (tertiary/aromatic N) is 1. The highest BCUT2D eigenvalue weighted by atomic mass is 79.9. The van der Waals surface area contributed by atoms with Crippen molar-refractivity contribution >= 4 is 15.9 Å². The fraction of sp³-hybridized carbons (Fsp3) is 0.760. The molecule has 0 spiro atoms. The third-order valence-corrected chi connectivity index (χ3v) is 5.75. The molecule has 1 atom stereocenters. The molecule has 0 heterocycles. The Hall–Kier alpha value is -0.340. The van der Waals surface area contributed by atoms with Crippen molar-refractivity contribution < 1.29 is 0 Å². The van der Waals surface area contributed by atoms with Crippen molar-refractivity contribution in [2.45, 2.75) is 109 Å². The van der Waals surface area contributed by atoms with E-state index in [0.717, 1.165) is 11.4 Å². The number of unbranched alkanes of at least 4 members (excludes halogenated alkanes) is 9. The highest BCUT2D eigenvalue weighted by Gasteiger charge is 2.03. The summed E-state index contributed by atoms with van der Waals surface area (Å²) in [5.41, 5.74) is 1.37. The molecule has 0 aliphatic heterocycles. The van der Waals surface area contributed by atoms with Crippen molar-refractivity contribution in [3.8, 4) is 0 Å². The van der Waals surface area contributed by atoms with E-state index in [1.165, 1.54) is 89.0 Å². The maximum atomic E-state index is 3.82. The van der Waals surface area contributed by atoms with Crippen LogP contribution in [0.4, 0.5) is 0 Å². The fourth-order valence-corrected chi connectivity index (χ4v) is 3.86. The minimum Gasteiger partial charge on any atom is -0.305 e. The minimum absolute atomic E-state index is 0.787. The lowest BCUT2D eigenvalue weighted by Gasteiger charge is -2.09. The van der Waals surface area contributed by atoms with Gasteiger partial charge in [-0.2, -0.15) is 0 Å². The van der Waals surface area contributed by atoms with Gasteiger partial charge in [0, 0.05) is 11.4 Å². The molecule has 2 heteroatoms. The van der Waals surface area contributed by atoms with Crippen LogP contribution in [0.2, 0.25) is 0 Å². The summed E-state index contributed by atoms with van der Waals surface area (Å²) in [5.74, 6) is 0. The Morgan fingerprint density at radius 1 is 0.704 bits per heavy atom. The van der Waals surface area contributed by atoms with Crippen molar-refractivity contribution in [2.75, 3.05) is 14.1 Å². The summed E-state index contributed by atoms with van der Waals surface area (Å²) in [6.45, 7) is 5.60. The summed E-state index contributed by atoms with van der Waals surface area (Å²) in [4.78, 5) is 2.95. The molecule has 1 nitrogen and oxygen atoms in total. The molecule has 27 heavy (non-hydrogen) atoms. The number of rotatable bonds is 15. The van der Waals surface area contributed by atoms with E-state index in [4.69, 9.17) is 0 Å². The number of benzene rings is 1. The lowest BCUT2D eigenvalue weighted by molar-refractivity contribution is 0.402. The molecule has 0 N–H and O–H groups in total. The Balaban J connectivity index is 0.000000569. The second kappa shape index (κ2) is 20.4. The van der Waals surface area contributed by atoms with E-state index >= 15 is 0 Å². The number of halogens is 1. The van der Waals surface area contributed by atoms with Crippen LogP contribution in [0.5, 0.6) is 0 Å². The van der Waals surface area contributed by atoms with Crippen molar-refractivity contribution in [1.29, 1.82) is 0 Å². The van der Waals surface area contributed by atoms with Gasteiger partial charge in [-0.15, -0.1) is 0 Å². The first-order chi connectivity index (χ1) is 13.1. The van der Waals surface area contributed by atoms with Gasteiger partial charge in [0.1, 0.15) is 0 Å². The molecule has 1 rings (SSSR count). The van der Waals surface area contributed by atoms with Gasteiger partial charge >= 0.3 is 0 Å². The average molecular weight is 441 g/mol. The summed E-state index contributed by atoms with van der Waals surface area (Å²) >= 11 is 3.82. The lowest BCUT2D eigenvalue weighted by atomic mass is 10.0. The molecule has 1 unspecified atom stereocenters. The van der Waals surface area contributed by atoms with Crippen molar-refractivity contribution in [1.82, 2.24) is 4.90 Å². The Morgan fingerprint density at radius 3 is 1.63 bits per heavy atom. The van der Waals surface area contributed by atoms with Gasteiger partial charge in [0.2, 0.25) is 0 Å². The second-order valence-electron chi connectivity index (χ2n) is 8.08. The zero-order valence-electron chi connectivity index (χ0n) is 18.7. The maximum Gasteiger partial charge on any atom is 0.0227 e. The van der Waals surface area contributed by atoms with Gasteiger partial charge in [-0.1, -0.05) is 131 Å². The highest BCUT2D eigenvalue weighted by molar-refractivity contribution is 9.09. The van der Waals surface area contributed by atoms with E-state index in [1.807, 2.05) is 6.07 Å². The Bertz CT molecular complexity index is 391. The Kier molecular flexibility index (Phi) is 20.1. The van der Waals surface area contributed by atoms with E-state index in [0.29, 0.717) is 0 Å². The molecule has 0 aromatic heterocycles. The number of alkyl halides is 1. The van der Waals surface area contributed by atoms with Gasteiger partial charge in [-0.25, -0.2) is 0 Å². The standard InChI is InChI=1S/C16H33Br.C9H13N/c1-3-5-7-9-10-11-13-15-16(17)14-12-8-6-4-2;1-10(2)8-9-6-4-3-5-7-9/h16H,3-15H2,1-2H3;3-7H,8H2,1-2H3. The Labute approximate surface area is 179 Å². The lowest BCUT2D eigenvalue weighted by Crippen LogP contribution is -2.10. The van der Waals surface area contributed by atoms with Crippen LogP contribution in [0.25, 0.3) is 0 Å². The topological polar surface area (TPSA) is 3.24 Å². The van der Waals surface area contributed by atoms with Crippen LogP contribution in [0.15, 0.2) is 30.3 Å². The first-order valence-electron chi connectivity index (χ1n) is 11.4. The van der Waals surface area contributed by atoms with Crippen molar-refractivity contribution in [2.24, 2.45) is 0 Å². The van der Waals surface area contributed by atoms with Crippen LogP contribution in [0, 0.1) is 0 Å². The summed E-state index contributed by atoms with van der Waals surface area (Å²) in [5, 5.41) is 0. The number of hydrogen-bond donors (Lipinski definition) is 0. The Morgan fingerprint density at radius 2 is 1.15 bits per heavy atom. The third-order valence-electron chi connectivity index (χ3n) is 4.83. The number of hydrogen-bond acceptors (Lipinski definition) is 1. The predicted molar refractivity (Wildman–Crippen MR) is 128 cm³/mol. The molecule has 0 amide bonds. The van der Waals surface area contributed by atoms with Crippen LogP contribution in [0.3, 0.4) is 0 Å². The SMILES string of the molecule is CCCCCCCCCC(Br)CCCCCC.CN(C)Cc1ccccc1. The largest absolute Gasteiger partial charge is 0.305 e. The van der Waals surface area contributed by atoms with Crippen LogP contribution in [-0.2, 0) is 6.54 Å². The quantitative estimate of drug-likeness (QED) is 0.195. The minimum atomic E-state index is 0.787. The van der Waals surface area contributed by atoms with E-state index < -0.39 is 0 Å². The normalized spacial score (nSPS) is 11.9. The summed E-state index contributed by atoms with van der Waals surface area (Å²) in [6, 6.07) is 10.5. The molecule has 0 bridgehead atoms. The first-order valence-corrected chi connectivity index (χ1v) is 12.3. The summed E-state index contributed by atoms with van der Waals surface area (Å²) in [6.07, 6.45) is 18.4. The molecule has 158 valence electrons. The van der Waals surface area contributed by atoms with Gasteiger partial charge in [-0.05, 0) is 32.5 Å².